The van der Waals surface area contributed by atoms with Crippen molar-refractivity contribution in [1.29, 1.82) is 0 Å². The fraction of sp³-hybridized carbons (Fsp3) is 0.250. The average molecular weight is 295 g/mol. The van der Waals surface area contributed by atoms with Crippen molar-refractivity contribution < 1.29 is 0 Å². The molecular formula is C12H15BrN4. The molecule has 0 amide bonds. The van der Waals surface area contributed by atoms with Gasteiger partial charge in [0.25, 0.3) is 0 Å². The Kier molecular flexibility index (Phi) is 3.38. The highest BCUT2D eigenvalue weighted by molar-refractivity contribution is 9.10. The molecule has 0 saturated carbocycles. The molecule has 0 aliphatic carbocycles. The zero-order valence-electron chi connectivity index (χ0n) is 9.87. The van der Waals surface area contributed by atoms with Crippen molar-refractivity contribution in [2.24, 2.45) is 7.05 Å². The summed E-state index contributed by atoms with van der Waals surface area (Å²) < 4.78 is 2.87. The third-order valence-corrected chi connectivity index (χ3v) is 3.31. The average Bonchev–Trinajstić information content (AvgIpc) is 2.62. The van der Waals surface area contributed by atoms with Gasteiger partial charge in [0, 0.05) is 29.3 Å². The van der Waals surface area contributed by atoms with Gasteiger partial charge in [-0.15, -0.1) is 0 Å². The van der Waals surface area contributed by atoms with E-state index in [1.165, 1.54) is 5.56 Å². The predicted octanol–water partition coefficient (Wildman–Crippen LogP) is 2.69. The maximum Gasteiger partial charge on any atom is 0.0587 e. The van der Waals surface area contributed by atoms with Crippen LogP contribution in [0, 0.1) is 6.92 Å². The van der Waals surface area contributed by atoms with Crippen LogP contribution >= 0.6 is 15.9 Å². The van der Waals surface area contributed by atoms with Crippen molar-refractivity contribution in [1.82, 2.24) is 9.78 Å². The first-order valence-corrected chi connectivity index (χ1v) is 6.13. The van der Waals surface area contributed by atoms with Crippen LogP contribution in [0.5, 0.6) is 0 Å². The van der Waals surface area contributed by atoms with Crippen molar-refractivity contribution in [2.45, 2.75) is 13.5 Å². The van der Waals surface area contributed by atoms with E-state index in [0.29, 0.717) is 0 Å². The molecule has 90 valence electrons. The molecule has 4 nitrogen and oxygen atoms in total. The summed E-state index contributed by atoms with van der Waals surface area (Å²) in [7, 11) is 1.94. The summed E-state index contributed by atoms with van der Waals surface area (Å²) in [5.41, 5.74) is 9.90. The first kappa shape index (κ1) is 12.0. The smallest absolute Gasteiger partial charge is 0.0587 e. The second kappa shape index (κ2) is 4.79. The Morgan fingerprint density at radius 2 is 2.24 bits per heavy atom. The van der Waals surface area contributed by atoms with Crippen molar-refractivity contribution in [2.75, 3.05) is 11.1 Å². The second-order valence-electron chi connectivity index (χ2n) is 3.96. The summed E-state index contributed by atoms with van der Waals surface area (Å²) in [5.74, 6) is 0. The van der Waals surface area contributed by atoms with Gasteiger partial charge in [-0.1, -0.05) is 15.9 Å². The Hall–Kier alpha value is -1.49. The van der Waals surface area contributed by atoms with Crippen molar-refractivity contribution in [3.05, 3.63) is 40.1 Å². The molecule has 1 aromatic carbocycles. The monoisotopic (exact) mass is 294 g/mol. The number of nitrogens with two attached hydrogens (primary N) is 1. The van der Waals surface area contributed by atoms with Crippen LogP contribution < -0.4 is 11.1 Å². The van der Waals surface area contributed by atoms with Gasteiger partial charge in [-0.05, 0) is 25.1 Å². The molecule has 0 radical (unpaired) electrons. The molecule has 2 rings (SSSR count). The van der Waals surface area contributed by atoms with Crippen LogP contribution in [0.25, 0.3) is 0 Å². The summed E-state index contributed by atoms with van der Waals surface area (Å²) >= 11 is 3.43. The third-order valence-electron chi connectivity index (χ3n) is 2.82. The van der Waals surface area contributed by atoms with Crippen LogP contribution in [0.2, 0.25) is 0 Å². The minimum Gasteiger partial charge on any atom is -0.397 e. The normalized spacial score (nSPS) is 10.5. The van der Waals surface area contributed by atoms with Crippen LogP contribution in [0.1, 0.15) is 11.3 Å². The van der Waals surface area contributed by atoms with Crippen LogP contribution in [0.3, 0.4) is 0 Å². The molecule has 0 saturated heterocycles. The van der Waals surface area contributed by atoms with Crippen molar-refractivity contribution >= 4 is 27.3 Å². The Balaban J connectivity index is 2.12. The Morgan fingerprint density at radius 1 is 1.47 bits per heavy atom. The van der Waals surface area contributed by atoms with E-state index in [0.717, 1.165) is 28.1 Å². The highest BCUT2D eigenvalue weighted by Gasteiger charge is 2.04. The number of nitrogens with zero attached hydrogens (tertiary/aromatic N) is 2. The molecule has 1 aromatic heterocycles. The zero-order valence-corrected chi connectivity index (χ0v) is 11.5. The molecule has 0 bridgehead atoms. The van der Waals surface area contributed by atoms with E-state index in [1.807, 2.05) is 43.0 Å². The molecule has 2 aromatic rings. The van der Waals surface area contributed by atoms with Crippen molar-refractivity contribution in [3.63, 3.8) is 0 Å². The topological polar surface area (TPSA) is 55.9 Å². The lowest BCUT2D eigenvalue weighted by molar-refractivity contribution is 0.738. The number of aryl methyl sites for hydroxylation is 1. The summed E-state index contributed by atoms with van der Waals surface area (Å²) in [4.78, 5) is 0. The van der Waals surface area contributed by atoms with E-state index >= 15 is 0 Å². The minimum atomic E-state index is 0.723. The van der Waals surface area contributed by atoms with Gasteiger partial charge in [-0.25, -0.2) is 0 Å². The zero-order chi connectivity index (χ0) is 12.4. The number of rotatable bonds is 3. The SMILES string of the molecule is Cc1c(CNc2cc(Br)ccc2N)cnn1C. The van der Waals surface area contributed by atoms with Crippen LogP contribution in [0.4, 0.5) is 11.4 Å². The number of halogens is 1. The molecule has 1 heterocycles. The number of nitrogens with one attached hydrogen (secondary N) is 1. The number of hydrogen-bond acceptors (Lipinski definition) is 3. The minimum absolute atomic E-state index is 0.723. The molecule has 0 spiro atoms. The van der Waals surface area contributed by atoms with Crippen molar-refractivity contribution in [3.8, 4) is 0 Å². The molecule has 0 atom stereocenters. The Labute approximate surface area is 109 Å². The van der Waals surface area contributed by atoms with Gasteiger partial charge >= 0.3 is 0 Å². The largest absolute Gasteiger partial charge is 0.397 e. The van der Waals surface area contributed by atoms with Gasteiger partial charge in [0.05, 0.1) is 17.6 Å². The lowest BCUT2D eigenvalue weighted by Crippen LogP contribution is -2.03. The van der Waals surface area contributed by atoms with E-state index in [9.17, 15) is 0 Å². The van der Waals surface area contributed by atoms with Gasteiger partial charge in [0.15, 0.2) is 0 Å². The molecule has 0 fully saturated rings. The maximum atomic E-state index is 5.89. The highest BCUT2D eigenvalue weighted by atomic mass is 79.9. The van der Waals surface area contributed by atoms with E-state index in [4.69, 9.17) is 5.73 Å². The van der Waals surface area contributed by atoms with Crippen LogP contribution in [-0.2, 0) is 13.6 Å². The van der Waals surface area contributed by atoms with Crippen LogP contribution in [-0.4, -0.2) is 9.78 Å². The standard InChI is InChI=1S/C12H15BrN4/c1-8-9(7-16-17(8)2)6-15-12-5-10(13)3-4-11(12)14/h3-5,7,15H,6,14H2,1-2H3. The van der Waals surface area contributed by atoms with Gasteiger partial charge in [0.2, 0.25) is 0 Å². The van der Waals surface area contributed by atoms with Gasteiger partial charge < -0.3 is 11.1 Å². The third kappa shape index (κ3) is 2.61. The number of aromatic nitrogens is 2. The maximum absolute atomic E-state index is 5.89. The molecule has 0 unspecified atom stereocenters. The molecule has 5 heteroatoms. The summed E-state index contributed by atoms with van der Waals surface area (Å²) in [6.45, 7) is 2.77. The number of hydrogen-bond donors (Lipinski definition) is 2. The first-order valence-electron chi connectivity index (χ1n) is 5.34. The van der Waals surface area contributed by atoms with E-state index < -0.39 is 0 Å². The van der Waals surface area contributed by atoms with Gasteiger partial charge in [0.1, 0.15) is 0 Å². The number of benzene rings is 1. The fourth-order valence-corrected chi connectivity index (χ4v) is 1.95. The van der Waals surface area contributed by atoms with Crippen LogP contribution in [0.15, 0.2) is 28.9 Å². The Bertz CT molecular complexity index is 533. The molecule has 17 heavy (non-hydrogen) atoms. The van der Waals surface area contributed by atoms with E-state index in [-0.39, 0.29) is 0 Å². The number of nitrogen functional groups attached to an aromatic ring is 1. The highest BCUT2D eigenvalue weighted by Crippen LogP contribution is 2.24. The lowest BCUT2D eigenvalue weighted by Gasteiger charge is -2.09. The molecular weight excluding hydrogens is 280 g/mol. The summed E-state index contributed by atoms with van der Waals surface area (Å²) in [5, 5.41) is 7.52. The molecule has 0 aliphatic rings. The van der Waals surface area contributed by atoms with Gasteiger partial charge in [-0.2, -0.15) is 5.10 Å². The quantitative estimate of drug-likeness (QED) is 0.856. The number of anilines is 2. The fourth-order valence-electron chi connectivity index (χ4n) is 1.59. The van der Waals surface area contributed by atoms with Gasteiger partial charge in [-0.3, -0.25) is 4.68 Å². The Morgan fingerprint density at radius 3 is 2.88 bits per heavy atom. The van der Waals surface area contributed by atoms with E-state index in [2.05, 4.69) is 26.3 Å². The summed E-state index contributed by atoms with van der Waals surface area (Å²) in [6, 6.07) is 5.78. The van der Waals surface area contributed by atoms with E-state index in [1.54, 1.807) is 0 Å². The lowest BCUT2D eigenvalue weighted by atomic mass is 10.2. The predicted molar refractivity (Wildman–Crippen MR) is 73.8 cm³/mol. The first-order chi connectivity index (χ1) is 8.08. The molecule has 3 N–H and O–H groups in total. The summed E-state index contributed by atoms with van der Waals surface area (Å²) in [6.07, 6.45) is 1.87. The second-order valence-corrected chi connectivity index (χ2v) is 4.88. The molecule has 0 aliphatic heterocycles.